The maximum atomic E-state index is 11.4. The third kappa shape index (κ3) is 5.49. The summed E-state index contributed by atoms with van der Waals surface area (Å²) in [7, 11) is 0. The number of primary amides is 1. The minimum absolute atomic E-state index is 0. The van der Waals surface area contributed by atoms with E-state index in [0.29, 0.717) is 6.54 Å². The van der Waals surface area contributed by atoms with Gasteiger partial charge in [-0.05, 0) is 27.4 Å². The minimum atomic E-state index is -0.878. The summed E-state index contributed by atoms with van der Waals surface area (Å²) in [4.78, 5) is 23.0. The van der Waals surface area contributed by atoms with Crippen LogP contribution >= 0.6 is 39.7 Å². The second kappa shape index (κ2) is 7.65. The fraction of sp³-hybridized carbons (Fsp3) is 0.333. The number of rotatable bonds is 5. The summed E-state index contributed by atoms with van der Waals surface area (Å²) in [6.07, 6.45) is -0.141. The van der Waals surface area contributed by atoms with Crippen LogP contribution in [-0.2, 0) is 16.1 Å². The molecule has 0 aliphatic rings. The lowest BCUT2D eigenvalue weighted by Crippen LogP contribution is -2.42. The van der Waals surface area contributed by atoms with Crippen molar-refractivity contribution in [2.45, 2.75) is 19.0 Å². The average Bonchev–Trinajstić information content (AvgIpc) is 2.59. The first kappa shape index (κ1) is 16.4. The van der Waals surface area contributed by atoms with E-state index in [-0.39, 0.29) is 24.7 Å². The molecule has 1 unspecified atom stereocenters. The van der Waals surface area contributed by atoms with Crippen LogP contribution in [0.4, 0.5) is 0 Å². The normalized spacial score (nSPS) is 11.4. The van der Waals surface area contributed by atoms with Gasteiger partial charge in [0, 0.05) is 9.35 Å². The zero-order chi connectivity index (χ0) is 12.1. The monoisotopic (exact) mass is 341 g/mol. The van der Waals surface area contributed by atoms with Crippen molar-refractivity contribution in [3.63, 3.8) is 0 Å². The van der Waals surface area contributed by atoms with Gasteiger partial charge in [0.05, 0.1) is 19.0 Å². The standard InChI is InChI=1S/C9H12BrN3O2S.ClH/c10-5-1-2-16-7(5)4-13-9(15)6(11)3-8(12)14;/h1-2,6H,3-4,11H2,(H2,12,14)(H,13,15);1H. The highest BCUT2D eigenvalue weighted by molar-refractivity contribution is 9.10. The van der Waals surface area contributed by atoms with Gasteiger partial charge in [0.25, 0.3) is 0 Å². The molecule has 1 atom stereocenters. The molecular formula is C9H13BrClN3O2S. The third-order valence-corrected chi connectivity index (χ3v) is 3.80. The van der Waals surface area contributed by atoms with Crippen LogP contribution < -0.4 is 16.8 Å². The topological polar surface area (TPSA) is 98.2 Å². The Morgan fingerprint density at radius 3 is 2.65 bits per heavy atom. The lowest BCUT2D eigenvalue weighted by molar-refractivity contribution is -0.126. The van der Waals surface area contributed by atoms with E-state index in [4.69, 9.17) is 11.5 Å². The summed E-state index contributed by atoms with van der Waals surface area (Å²) >= 11 is 4.87. The van der Waals surface area contributed by atoms with E-state index in [1.54, 1.807) is 0 Å². The van der Waals surface area contributed by atoms with Gasteiger partial charge in [-0.2, -0.15) is 0 Å². The van der Waals surface area contributed by atoms with Gasteiger partial charge in [0.2, 0.25) is 11.8 Å². The van der Waals surface area contributed by atoms with Gasteiger partial charge < -0.3 is 16.8 Å². The van der Waals surface area contributed by atoms with Crippen LogP contribution in [-0.4, -0.2) is 17.9 Å². The first-order chi connectivity index (χ1) is 7.50. The Morgan fingerprint density at radius 1 is 1.53 bits per heavy atom. The van der Waals surface area contributed by atoms with Crippen molar-refractivity contribution < 1.29 is 9.59 Å². The number of carbonyl (C=O) groups excluding carboxylic acids is 2. The highest BCUT2D eigenvalue weighted by Gasteiger charge is 2.15. The predicted octanol–water partition coefficient (Wildman–Crippen LogP) is 0.751. The SMILES string of the molecule is Cl.NC(=O)CC(N)C(=O)NCc1sccc1Br. The molecule has 5 N–H and O–H groups in total. The molecule has 0 saturated carbocycles. The van der Waals surface area contributed by atoms with Gasteiger partial charge in [-0.15, -0.1) is 23.7 Å². The lowest BCUT2D eigenvalue weighted by Gasteiger charge is -2.09. The summed E-state index contributed by atoms with van der Waals surface area (Å²) in [6.45, 7) is 0.392. The Kier molecular flexibility index (Phi) is 7.37. The number of amides is 2. The molecule has 1 aromatic rings. The number of hydrogen-bond donors (Lipinski definition) is 3. The highest BCUT2D eigenvalue weighted by atomic mass is 79.9. The summed E-state index contributed by atoms with van der Waals surface area (Å²) in [5.74, 6) is -0.959. The van der Waals surface area contributed by atoms with Crippen LogP contribution in [0.5, 0.6) is 0 Å². The van der Waals surface area contributed by atoms with Gasteiger partial charge in [-0.3, -0.25) is 9.59 Å². The number of nitrogens with two attached hydrogens (primary N) is 2. The summed E-state index contributed by atoms with van der Waals surface area (Å²) in [6, 6.07) is 1.02. The molecule has 0 aliphatic carbocycles. The molecule has 0 saturated heterocycles. The average molecular weight is 343 g/mol. The zero-order valence-corrected chi connectivity index (χ0v) is 12.0. The Balaban J connectivity index is 0.00000256. The maximum absolute atomic E-state index is 11.4. The smallest absolute Gasteiger partial charge is 0.237 e. The second-order valence-electron chi connectivity index (χ2n) is 3.19. The van der Waals surface area contributed by atoms with Crippen molar-refractivity contribution in [2.24, 2.45) is 11.5 Å². The van der Waals surface area contributed by atoms with Gasteiger partial charge >= 0.3 is 0 Å². The first-order valence-corrected chi connectivity index (χ1v) is 6.21. The van der Waals surface area contributed by atoms with Gasteiger partial charge in [0.15, 0.2) is 0 Å². The Morgan fingerprint density at radius 2 is 2.18 bits per heavy atom. The molecule has 1 rings (SSSR count). The molecule has 0 aliphatic heterocycles. The van der Waals surface area contributed by atoms with Crippen LogP contribution in [0, 0.1) is 0 Å². The van der Waals surface area contributed by atoms with Crippen molar-refractivity contribution in [3.05, 3.63) is 20.8 Å². The van der Waals surface area contributed by atoms with Crippen molar-refractivity contribution in [3.8, 4) is 0 Å². The summed E-state index contributed by atoms with van der Waals surface area (Å²) < 4.78 is 0.946. The molecule has 0 spiro atoms. The first-order valence-electron chi connectivity index (χ1n) is 4.54. The van der Waals surface area contributed by atoms with Crippen LogP contribution in [0.2, 0.25) is 0 Å². The summed E-state index contributed by atoms with van der Waals surface area (Å²) in [5, 5.41) is 4.55. The molecule has 0 fully saturated rings. The molecule has 8 heteroatoms. The van der Waals surface area contributed by atoms with E-state index in [1.807, 2.05) is 11.4 Å². The lowest BCUT2D eigenvalue weighted by atomic mass is 10.2. The maximum Gasteiger partial charge on any atom is 0.237 e. The molecule has 0 bridgehead atoms. The number of thiophene rings is 1. The minimum Gasteiger partial charge on any atom is -0.370 e. The van der Waals surface area contributed by atoms with Gasteiger partial charge in [-0.25, -0.2) is 0 Å². The summed E-state index contributed by atoms with van der Waals surface area (Å²) in [5.41, 5.74) is 10.4. The second-order valence-corrected chi connectivity index (χ2v) is 5.04. The molecule has 5 nitrogen and oxygen atoms in total. The number of nitrogens with one attached hydrogen (secondary N) is 1. The Bertz CT molecular complexity index is 399. The van der Waals surface area contributed by atoms with Crippen molar-refractivity contribution in [1.82, 2.24) is 5.32 Å². The molecule has 1 aromatic heterocycles. The fourth-order valence-electron chi connectivity index (χ4n) is 1.06. The molecular weight excluding hydrogens is 330 g/mol. The fourth-order valence-corrected chi connectivity index (χ4v) is 2.49. The van der Waals surface area contributed by atoms with Crippen LogP contribution in [0.25, 0.3) is 0 Å². The third-order valence-electron chi connectivity index (χ3n) is 1.87. The molecule has 96 valence electrons. The Labute approximate surface area is 117 Å². The van der Waals surface area contributed by atoms with E-state index < -0.39 is 11.9 Å². The zero-order valence-electron chi connectivity index (χ0n) is 8.81. The predicted molar refractivity (Wildman–Crippen MR) is 72.9 cm³/mol. The molecule has 2 amide bonds. The van der Waals surface area contributed by atoms with E-state index >= 15 is 0 Å². The Hall–Kier alpha value is -0.630. The molecule has 17 heavy (non-hydrogen) atoms. The largest absolute Gasteiger partial charge is 0.370 e. The molecule has 0 radical (unpaired) electrons. The number of halogens is 2. The number of carbonyl (C=O) groups is 2. The van der Waals surface area contributed by atoms with Gasteiger partial charge in [0.1, 0.15) is 0 Å². The highest BCUT2D eigenvalue weighted by Crippen LogP contribution is 2.22. The van der Waals surface area contributed by atoms with E-state index in [9.17, 15) is 9.59 Å². The van der Waals surface area contributed by atoms with Crippen molar-refractivity contribution in [2.75, 3.05) is 0 Å². The van der Waals surface area contributed by atoms with E-state index in [2.05, 4.69) is 21.2 Å². The van der Waals surface area contributed by atoms with Crippen molar-refractivity contribution in [1.29, 1.82) is 0 Å². The van der Waals surface area contributed by atoms with Crippen molar-refractivity contribution >= 4 is 51.5 Å². The van der Waals surface area contributed by atoms with Crippen LogP contribution in [0.3, 0.4) is 0 Å². The van der Waals surface area contributed by atoms with E-state index in [0.717, 1.165) is 9.35 Å². The van der Waals surface area contributed by atoms with Crippen LogP contribution in [0.15, 0.2) is 15.9 Å². The van der Waals surface area contributed by atoms with E-state index in [1.165, 1.54) is 11.3 Å². The molecule has 1 heterocycles. The number of hydrogen-bond acceptors (Lipinski definition) is 4. The molecule has 0 aromatic carbocycles. The quantitative estimate of drug-likeness (QED) is 0.736. The van der Waals surface area contributed by atoms with Gasteiger partial charge in [-0.1, -0.05) is 0 Å². The van der Waals surface area contributed by atoms with Crippen LogP contribution in [0.1, 0.15) is 11.3 Å².